The first kappa shape index (κ1) is 12.6. The number of methoxy groups -OCH3 is 1. The zero-order valence-corrected chi connectivity index (χ0v) is 10.5. The van der Waals surface area contributed by atoms with Gasteiger partial charge in [0.2, 0.25) is 0 Å². The van der Waals surface area contributed by atoms with Crippen LogP contribution in [0.4, 0.5) is 4.39 Å². The van der Waals surface area contributed by atoms with Gasteiger partial charge in [-0.15, -0.1) is 0 Å². The topological polar surface area (TPSA) is 39.2 Å². The van der Waals surface area contributed by atoms with E-state index in [1.165, 1.54) is 6.07 Å². The molecule has 2 aromatic rings. The molecule has 2 rings (SSSR count). The highest BCUT2D eigenvalue weighted by Gasteiger charge is 2.16. The molecule has 18 heavy (non-hydrogen) atoms. The van der Waals surface area contributed by atoms with E-state index in [0.29, 0.717) is 34.2 Å². The third-order valence-electron chi connectivity index (χ3n) is 2.57. The van der Waals surface area contributed by atoms with Gasteiger partial charge in [-0.1, -0.05) is 12.1 Å². The summed E-state index contributed by atoms with van der Waals surface area (Å²) in [7, 11) is 1.55. The summed E-state index contributed by atoms with van der Waals surface area (Å²) in [6.45, 7) is 0. The van der Waals surface area contributed by atoms with Gasteiger partial charge in [0.15, 0.2) is 0 Å². The van der Waals surface area contributed by atoms with Crippen molar-refractivity contribution in [3.8, 4) is 17.0 Å². The fraction of sp³-hybridized carbons (Fsp3) is 0.154. The van der Waals surface area contributed by atoms with E-state index < -0.39 is 0 Å². The van der Waals surface area contributed by atoms with Gasteiger partial charge in [0.25, 0.3) is 5.75 Å². The maximum Gasteiger partial charge on any atom is 0.463 e. The number of hydrogen-bond acceptors (Lipinski definition) is 3. The summed E-state index contributed by atoms with van der Waals surface area (Å²) in [4.78, 5) is 4.18. The minimum Gasteiger partial charge on any atom is -0.497 e. The normalized spacial score (nSPS) is 10.1. The monoisotopic (exact) mass is 264 g/mol. The minimum atomic E-state index is -0.388. The Hall–Kier alpha value is -1.88. The van der Waals surface area contributed by atoms with Gasteiger partial charge in [0.05, 0.1) is 18.4 Å². The molecule has 0 spiro atoms. The number of nitrogens with zero attached hydrogens (tertiary/aromatic N) is 1. The fourth-order valence-corrected chi connectivity index (χ4v) is 2.10. The zero-order valence-electron chi connectivity index (χ0n) is 9.72. The van der Waals surface area contributed by atoms with Gasteiger partial charge in [-0.25, -0.2) is 4.39 Å². The molecule has 0 N–H and O–H groups in total. The van der Waals surface area contributed by atoms with Crippen molar-refractivity contribution in [2.45, 2.75) is 5.75 Å². The van der Waals surface area contributed by atoms with Crippen LogP contribution in [0.25, 0.3) is 11.3 Å². The van der Waals surface area contributed by atoms with Crippen LogP contribution in [0.5, 0.6) is 5.75 Å². The molecule has 1 heterocycles. The third-order valence-corrected chi connectivity index (χ3v) is 2.97. The van der Waals surface area contributed by atoms with Crippen LogP contribution in [0.3, 0.4) is 0 Å². The van der Waals surface area contributed by atoms with Gasteiger partial charge in [-0.2, -0.15) is 0 Å². The van der Waals surface area contributed by atoms with Crippen LogP contribution in [0.2, 0.25) is 0 Å². The van der Waals surface area contributed by atoms with E-state index in [9.17, 15) is 8.60 Å². The lowest BCUT2D eigenvalue weighted by molar-refractivity contribution is 0.414. The Morgan fingerprint density at radius 3 is 2.94 bits per heavy atom. The van der Waals surface area contributed by atoms with Gasteiger partial charge in [0.1, 0.15) is 11.6 Å². The Morgan fingerprint density at radius 2 is 2.22 bits per heavy atom. The summed E-state index contributed by atoms with van der Waals surface area (Å²) >= 11 is 0.339. The highest BCUT2D eigenvalue weighted by Crippen LogP contribution is 2.26. The van der Waals surface area contributed by atoms with Crippen LogP contribution in [0, 0.1) is 5.82 Å². The Bertz CT molecular complexity index is 575. The molecule has 1 aromatic carbocycles. The van der Waals surface area contributed by atoms with E-state index in [1.807, 2.05) is 0 Å². The standard InChI is InChI=1S/C13H11FNO2S/c1-17-9-5-6-15-13(7-9)10-3-2-4-12(14)11(10)8-18-16/h2-7H,8H2,1H3/q+1. The predicted molar refractivity (Wildman–Crippen MR) is 67.9 cm³/mol. The molecule has 0 saturated heterocycles. The summed E-state index contributed by atoms with van der Waals surface area (Å²) in [5.41, 5.74) is 1.59. The van der Waals surface area contributed by atoms with Gasteiger partial charge in [-0.3, -0.25) is 4.98 Å². The second kappa shape index (κ2) is 5.64. The molecular weight excluding hydrogens is 253 g/mol. The lowest BCUT2D eigenvalue weighted by Gasteiger charge is -2.06. The predicted octanol–water partition coefficient (Wildman–Crippen LogP) is 2.82. The molecule has 3 nitrogen and oxygen atoms in total. The molecule has 5 heteroatoms. The number of halogens is 1. The average Bonchev–Trinajstić information content (AvgIpc) is 2.41. The molecule has 0 atom stereocenters. The SMILES string of the molecule is COc1ccnc(-c2cccc(F)c2C[S+]=O)c1. The molecule has 0 aliphatic carbocycles. The van der Waals surface area contributed by atoms with Crippen molar-refractivity contribution >= 4 is 11.7 Å². The number of pyridine rings is 1. The van der Waals surface area contributed by atoms with Crippen molar-refractivity contribution < 1.29 is 13.3 Å². The van der Waals surface area contributed by atoms with Gasteiger partial charge < -0.3 is 4.74 Å². The lowest BCUT2D eigenvalue weighted by atomic mass is 10.0. The van der Waals surface area contributed by atoms with Gasteiger partial charge in [0, 0.05) is 22.0 Å². The smallest absolute Gasteiger partial charge is 0.463 e. The summed E-state index contributed by atoms with van der Waals surface area (Å²) in [5, 5.41) is 0. The van der Waals surface area contributed by atoms with Gasteiger partial charge in [-0.05, 0) is 12.1 Å². The largest absolute Gasteiger partial charge is 0.497 e. The molecule has 0 aliphatic rings. The summed E-state index contributed by atoms with van der Waals surface area (Å²) in [5.74, 6) is 0.325. The van der Waals surface area contributed by atoms with Crippen LogP contribution in [-0.4, -0.2) is 12.1 Å². The molecule has 0 bridgehead atoms. The third kappa shape index (κ3) is 2.51. The Morgan fingerprint density at radius 1 is 1.39 bits per heavy atom. The molecule has 92 valence electrons. The van der Waals surface area contributed by atoms with E-state index in [-0.39, 0.29) is 11.6 Å². The van der Waals surface area contributed by atoms with Crippen LogP contribution >= 0.6 is 0 Å². The average molecular weight is 264 g/mol. The highest BCUT2D eigenvalue weighted by molar-refractivity contribution is 7.64. The minimum absolute atomic E-state index is 0.0703. The molecule has 1 aromatic heterocycles. The maximum atomic E-state index is 13.7. The number of ether oxygens (including phenoxy) is 1. The Labute approximate surface area is 108 Å². The second-order valence-electron chi connectivity index (χ2n) is 3.61. The number of benzene rings is 1. The van der Waals surface area contributed by atoms with E-state index in [0.717, 1.165) is 0 Å². The van der Waals surface area contributed by atoms with E-state index in [4.69, 9.17) is 4.74 Å². The number of rotatable bonds is 4. The summed E-state index contributed by atoms with van der Waals surface area (Å²) in [6.07, 6.45) is 1.59. The zero-order chi connectivity index (χ0) is 13.0. The molecule has 0 amide bonds. The first-order valence-electron chi connectivity index (χ1n) is 5.29. The molecule has 0 aliphatic heterocycles. The van der Waals surface area contributed by atoms with Crippen molar-refractivity contribution in [1.82, 2.24) is 4.98 Å². The van der Waals surface area contributed by atoms with Crippen molar-refractivity contribution in [2.24, 2.45) is 0 Å². The lowest BCUT2D eigenvalue weighted by Crippen LogP contribution is -1.96. The van der Waals surface area contributed by atoms with Crippen LogP contribution in [-0.2, 0) is 21.6 Å². The fourth-order valence-electron chi connectivity index (χ4n) is 1.69. The van der Waals surface area contributed by atoms with Crippen LogP contribution in [0.1, 0.15) is 5.56 Å². The first-order valence-corrected chi connectivity index (χ1v) is 6.20. The van der Waals surface area contributed by atoms with Crippen LogP contribution < -0.4 is 4.74 Å². The highest BCUT2D eigenvalue weighted by atomic mass is 32.1. The number of aromatic nitrogens is 1. The van der Waals surface area contributed by atoms with Crippen molar-refractivity contribution in [2.75, 3.05) is 7.11 Å². The van der Waals surface area contributed by atoms with Crippen LogP contribution in [0.15, 0.2) is 36.5 Å². The molecule has 0 fully saturated rings. The Balaban J connectivity index is 2.55. The maximum absolute atomic E-state index is 13.7. The quantitative estimate of drug-likeness (QED) is 0.797. The van der Waals surface area contributed by atoms with E-state index >= 15 is 0 Å². The molecule has 0 radical (unpaired) electrons. The Kier molecular flexibility index (Phi) is 3.94. The number of hydrogen-bond donors (Lipinski definition) is 0. The first-order chi connectivity index (χ1) is 8.76. The molecular formula is C13H11FNO2S+. The van der Waals surface area contributed by atoms with Crippen molar-refractivity contribution in [3.05, 3.63) is 47.9 Å². The summed E-state index contributed by atoms with van der Waals surface area (Å²) in [6, 6.07) is 8.12. The summed E-state index contributed by atoms with van der Waals surface area (Å²) < 4.78 is 29.5. The van der Waals surface area contributed by atoms with E-state index in [2.05, 4.69) is 4.98 Å². The molecule has 0 unspecified atom stereocenters. The van der Waals surface area contributed by atoms with E-state index in [1.54, 1.807) is 37.6 Å². The van der Waals surface area contributed by atoms with Gasteiger partial charge >= 0.3 is 11.7 Å². The molecule has 0 saturated carbocycles. The second-order valence-corrected chi connectivity index (χ2v) is 4.13. The van der Waals surface area contributed by atoms with Crippen molar-refractivity contribution in [1.29, 1.82) is 0 Å². The van der Waals surface area contributed by atoms with Crippen molar-refractivity contribution in [3.63, 3.8) is 0 Å².